The van der Waals surface area contributed by atoms with Gasteiger partial charge in [0.2, 0.25) is 0 Å². The minimum Gasteiger partial charge on any atom is -0.461 e. The maximum atomic E-state index is 13.3. The minimum absolute atomic E-state index is 0.0524. The summed E-state index contributed by atoms with van der Waals surface area (Å²) in [4.78, 5) is 25.0. The Balaban J connectivity index is 1.59. The van der Waals surface area contributed by atoms with Gasteiger partial charge in [-0.2, -0.15) is 0 Å². The van der Waals surface area contributed by atoms with Crippen LogP contribution < -0.4 is 0 Å². The molecule has 0 spiro atoms. The maximum Gasteiger partial charge on any atom is 0.314 e. The Labute approximate surface area is 198 Å². The number of rotatable bonds is 3. The van der Waals surface area contributed by atoms with Crippen molar-refractivity contribution in [2.24, 2.45) is 45.3 Å². The topological polar surface area (TPSA) is 72.8 Å². The van der Waals surface area contributed by atoms with Crippen molar-refractivity contribution < 1.29 is 24.2 Å². The smallest absolute Gasteiger partial charge is 0.314 e. The zero-order valence-corrected chi connectivity index (χ0v) is 21.3. The van der Waals surface area contributed by atoms with Crippen LogP contribution in [0.4, 0.5) is 0 Å². The number of aliphatic hydroxyl groups excluding tert-OH is 1. The Hall–Kier alpha value is -1.36. The van der Waals surface area contributed by atoms with E-state index in [2.05, 4.69) is 33.8 Å². The molecule has 0 amide bonds. The second kappa shape index (κ2) is 7.32. The normalized spacial score (nSPS) is 48.5. The lowest BCUT2D eigenvalue weighted by molar-refractivity contribution is -0.231. The number of aliphatic hydroxyl groups is 1. The third kappa shape index (κ3) is 2.93. The minimum atomic E-state index is -0.416. The van der Waals surface area contributed by atoms with Crippen molar-refractivity contribution in [1.82, 2.24) is 0 Å². The standard InChI is InChI=1S/C28H42O5/c1-16(32-17(2)30)18-8-9-20-26(5)13-10-19-25(3,4)11-7-12-28(19,15-29)21(26)14-22-27(20,6)23(18)24(31)33-22/h8,16,19-23,29H,7,9-15H2,1-6H3. The summed E-state index contributed by atoms with van der Waals surface area (Å²) in [6.07, 6.45) is 9.11. The molecule has 184 valence electrons. The molecule has 33 heavy (non-hydrogen) atoms. The molecular formula is C28H42O5. The van der Waals surface area contributed by atoms with Crippen molar-refractivity contribution >= 4 is 11.9 Å². The number of carbonyl (C=O) groups excluding carboxylic acids is 2. The number of fused-ring (bicyclic) bond motifs is 4. The molecule has 4 fully saturated rings. The van der Waals surface area contributed by atoms with Gasteiger partial charge in [-0.25, -0.2) is 0 Å². The van der Waals surface area contributed by atoms with Crippen LogP contribution in [-0.2, 0) is 19.1 Å². The van der Waals surface area contributed by atoms with Crippen LogP contribution in [0.15, 0.2) is 11.6 Å². The highest BCUT2D eigenvalue weighted by Crippen LogP contribution is 2.74. The fourth-order valence-corrected chi connectivity index (χ4v) is 10.1. The molecule has 5 aliphatic rings. The van der Waals surface area contributed by atoms with Crippen LogP contribution in [0.2, 0.25) is 0 Å². The average molecular weight is 459 g/mol. The number of hydrogen-bond acceptors (Lipinski definition) is 5. The summed E-state index contributed by atoms with van der Waals surface area (Å²) in [7, 11) is 0. The van der Waals surface area contributed by atoms with E-state index in [0.29, 0.717) is 17.8 Å². The summed E-state index contributed by atoms with van der Waals surface area (Å²) >= 11 is 0. The summed E-state index contributed by atoms with van der Waals surface area (Å²) in [6.45, 7) is 13.0. The van der Waals surface area contributed by atoms with Crippen LogP contribution in [-0.4, -0.2) is 35.9 Å². The lowest BCUT2D eigenvalue weighted by Crippen LogP contribution is -2.66. The molecular weight excluding hydrogens is 416 g/mol. The Morgan fingerprint density at radius 2 is 1.91 bits per heavy atom. The van der Waals surface area contributed by atoms with E-state index < -0.39 is 6.10 Å². The van der Waals surface area contributed by atoms with E-state index in [1.165, 1.54) is 13.3 Å². The highest BCUT2D eigenvalue weighted by Gasteiger charge is 2.73. The zero-order valence-electron chi connectivity index (χ0n) is 21.3. The average Bonchev–Trinajstić information content (AvgIpc) is 2.98. The highest BCUT2D eigenvalue weighted by atomic mass is 16.6. The first-order chi connectivity index (χ1) is 15.4. The second-order valence-electron chi connectivity index (χ2n) is 13.1. The van der Waals surface area contributed by atoms with Crippen molar-refractivity contribution in [2.75, 3.05) is 6.61 Å². The molecule has 0 radical (unpaired) electrons. The molecule has 0 aromatic heterocycles. The van der Waals surface area contributed by atoms with Crippen LogP contribution in [0.3, 0.4) is 0 Å². The third-order valence-corrected chi connectivity index (χ3v) is 11.4. The molecule has 0 aromatic carbocycles. The van der Waals surface area contributed by atoms with Gasteiger partial charge >= 0.3 is 11.9 Å². The molecule has 9 unspecified atom stereocenters. The van der Waals surface area contributed by atoms with E-state index in [0.717, 1.165) is 44.1 Å². The number of ether oxygens (including phenoxy) is 2. The van der Waals surface area contributed by atoms with Gasteiger partial charge in [0.25, 0.3) is 0 Å². The molecule has 5 heteroatoms. The number of esters is 2. The molecule has 1 heterocycles. The Morgan fingerprint density at radius 1 is 1.18 bits per heavy atom. The second-order valence-corrected chi connectivity index (χ2v) is 13.1. The Bertz CT molecular complexity index is 891. The van der Waals surface area contributed by atoms with Crippen molar-refractivity contribution in [3.05, 3.63) is 11.6 Å². The van der Waals surface area contributed by atoms with Gasteiger partial charge in [0, 0.05) is 24.4 Å². The molecule has 0 bridgehead atoms. The number of allylic oxidation sites excluding steroid dienone is 1. The predicted molar refractivity (Wildman–Crippen MR) is 125 cm³/mol. The molecule has 1 saturated heterocycles. The van der Waals surface area contributed by atoms with Crippen LogP contribution >= 0.6 is 0 Å². The molecule has 5 rings (SSSR count). The molecule has 5 nitrogen and oxygen atoms in total. The molecule has 3 saturated carbocycles. The van der Waals surface area contributed by atoms with Gasteiger partial charge < -0.3 is 14.6 Å². The summed E-state index contributed by atoms with van der Waals surface area (Å²) in [5, 5.41) is 11.0. The SMILES string of the molecule is CC(=O)OC(C)C1=CCC2C3(C)CCC4C(C)(C)CCCC4(CO)C3CC3OC(=O)C1C32C. The molecule has 4 aliphatic carbocycles. The van der Waals surface area contributed by atoms with Crippen molar-refractivity contribution in [2.45, 2.75) is 98.7 Å². The summed E-state index contributed by atoms with van der Waals surface area (Å²) in [6, 6.07) is 0. The van der Waals surface area contributed by atoms with Gasteiger partial charge in [-0.15, -0.1) is 0 Å². The molecule has 0 aromatic rings. The van der Waals surface area contributed by atoms with Crippen LogP contribution in [0, 0.1) is 45.3 Å². The van der Waals surface area contributed by atoms with Gasteiger partial charge in [-0.05, 0) is 79.6 Å². The van der Waals surface area contributed by atoms with E-state index in [1.807, 2.05) is 6.92 Å². The van der Waals surface area contributed by atoms with Gasteiger partial charge in [0.05, 0.1) is 5.92 Å². The third-order valence-electron chi connectivity index (χ3n) is 11.4. The Kier molecular flexibility index (Phi) is 5.19. The van der Waals surface area contributed by atoms with E-state index in [4.69, 9.17) is 9.47 Å². The van der Waals surface area contributed by atoms with Crippen molar-refractivity contribution in [1.29, 1.82) is 0 Å². The maximum absolute atomic E-state index is 13.3. The van der Waals surface area contributed by atoms with Gasteiger partial charge in [0.15, 0.2) is 0 Å². The molecule has 1 aliphatic heterocycles. The monoisotopic (exact) mass is 458 g/mol. The summed E-state index contributed by atoms with van der Waals surface area (Å²) in [5.74, 6) is 0.351. The Morgan fingerprint density at radius 3 is 2.58 bits per heavy atom. The summed E-state index contributed by atoms with van der Waals surface area (Å²) < 4.78 is 11.7. The van der Waals surface area contributed by atoms with E-state index in [9.17, 15) is 14.7 Å². The predicted octanol–water partition coefficient (Wildman–Crippen LogP) is 5.06. The van der Waals surface area contributed by atoms with Crippen LogP contribution in [0.25, 0.3) is 0 Å². The van der Waals surface area contributed by atoms with E-state index in [1.54, 1.807) is 0 Å². The van der Waals surface area contributed by atoms with Gasteiger partial charge in [-0.3, -0.25) is 9.59 Å². The van der Waals surface area contributed by atoms with Crippen LogP contribution in [0.5, 0.6) is 0 Å². The van der Waals surface area contributed by atoms with Gasteiger partial charge in [-0.1, -0.05) is 40.2 Å². The number of carbonyl (C=O) groups is 2. The van der Waals surface area contributed by atoms with E-state index >= 15 is 0 Å². The first-order valence-electron chi connectivity index (χ1n) is 13.1. The largest absolute Gasteiger partial charge is 0.461 e. The first-order valence-corrected chi connectivity index (χ1v) is 13.1. The van der Waals surface area contributed by atoms with Crippen molar-refractivity contribution in [3.63, 3.8) is 0 Å². The zero-order chi connectivity index (χ0) is 24.0. The van der Waals surface area contributed by atoms with Gasteiger partial charge in [0.1, 0.15) is 12.2 Å². The highest BCUT2D eigenvalue weighted by molar-refractivity contribution is 5.81. The van der Waals surface area contributed by atoms with Crippen LogP contribution in [0.1, 0.15) is 86.5 Å². The fourth-order valence-electron chi connectivity index (χ4n) is 10.1. The molecule has 1 N–H and O–H groups in total. The fraction of sp³-hybridized carbons (Fsp3) is 0.857. The lowest BCUT2D eigenvalue weighted by atomic mass is 9.34. The van der Waals surface area contributed by atoms with Crippen molar-refractivity contribution in [3.8, 4) is 0 Å². The first kappa shape index (κ1) is 23.4. The lowest BCUT2D eigenvalue weighted by Gasteiger charge is -2.69. The van der Waals surface area contributed by atoms with E-state index in [-0.39, 0.29) is 52.2 Å². The quantitative estimate of drug-likeness (QED) is 0.473. The summed E-state index contributed by atoms with van der Waals surface area (Å²) in [5.41, 5.74) is 0.820. The molecule has 9 atom stereocenters. The number of hydrogen-bond donors (Lipinski definition) is 1.